The summed E-state index contributed by atoms with van der Waals surface area (Å²) in [6, 6.07) is 11.9. The van der Waals surface area contributed by atoms with Gasteiger partial charge in [-0.3, -0.25) is 4.79 Å². The Morgan fingerprint density at radius 2 is 1.85 bits per heavy atom. The number of piperidine rings is 1. The van der Waals surface area contributed by atoms with Gasteiger partial charge in [-0.25, -0.2) is 12.8 Å². The summed E-state index contributed by atoms with van der Waals surface area (Å²) in [5.41, 5.74) is -0.729. The lowest BCUT2D eigenvalue weighted by atomic mass is 9.78. The maximum absolute atomic E-state index is 13.8. The van der Waals surface area contributed by atoms with Gasteiger partial charge in [-0.1, -0.05) is 17.7 Å². The molecule has 0 aromatic heterocycles. The fraction of sp³-hybridized carbons (Fsp3) is 0.458. The number of amides is 1. The number of carbonyl (C=O) groups is 1. The standard InChI is InChI=1S/C24H28ClFN2O5S/c25-19-5-7-21(8-6-19)33-18-24(16-23(29)27-11-13-32-14-12-27)9-2-10-28(17-24)34(30,31)22-4-1-3-20(26)15-22/h1,3-8,15H,2,9-14,16-18H2/t24-/m1/s1. The molecule has 2 aliphatic heterocycles. The average molecular weight is 511 g/mol. The van der Waals surface area contributed by atoms with Crippen molar-refractivity contribution in [1.82, 2.24) is 9.21 Å². The van der Waals surface area contributed by atoms with E-state index in [4.69, 9.17) is 21.1 Å². The fourth-order valence-corrected chi connectivity index (χ4v) is 6.22. The first kappa shape index (κ1) is 24.9. The van der Waals surface area contributed by atoms with Gasteiger partial charge >= 0.3 is 0 Å². The Morgan fingerprint density at radius 3 is 2.56 bits per heavy atom. The van der Waals surface area contributed by atoms with E-state index < -0.39 is 21.3 Å². The summed E-state index contributed by atoms with van der Waals surface area (Å²) >= 11 is 5.97. The second-order valence-electron chi connectivity index (χ2n) is 8.81. The predicted octanol–water partition coefficient (Wildman–Crippen LogP) is 3.58. The van der Waals surface area contributed by atoms with Gasteiger partial charge in [0.15, 0.2) is 0 Å². The van der Waals surface area contributed by atoms with Crippen molar-refractivity contribution in [2.45, 2.75) is 24.2 Å². The van der Waals surface area contributed by atoms with Crippen molar-refractivity contribution in [3.8, 4) is 5.75 Å². The molecule has 4 rings (SSSR count). The maximum Gasteiger partial charge on any atom is 0.243 e. The zero-order valence-corrected chi connectivity index (χ0v) is 20.4. The van der Waals surface area contributed by atoms with E-state index in [1.807, 2.05) is 0 Å². The topological polar surface area (TPSA) is 76.2 Å². The Hall–Kier alpha value is -2.20. The summed E-state index contributed by atoms with van der Waals surface area (Å²) in [6.45, 7) is 2.57. The molecule has 0 radical (unpaired) electrons. The lowest BCUT2D eigenvalue weighted by Gasteiger charge is -2.42. The van der Waals surface area contributed by atoms with E-state index >= 15 is 0 Å². The third-order valence-electron chi connectivity index (χ3n) is 6.31. The Balaban J connectivity index is 1.58. The van der Waals surface area contributed by atoms with Crippen molar-refractivity contribution in [3.05, 3.63) is 59.4 Å². The first-order chi connectivity index (χ1) is 16.3. The number of benzene rings is 2. The molecule has 2 aromatic carbocycles. The molecule has 34 heavy (non-hydrogen) atoms. The zero-order chi connectivity index (χ0) is 24.2. The average Bonchev–Trinajstić information content (AvgIpc) is 2.84. The van der Waals surface area contributed by atoms with Crippen LogP contribution in [0.3, 0.4) is 0 Å². The SMILES string of the molecule is O=C(C[C@]1(COc2ccc(Cl)cc2)CCCN(S(=O)(=O)c2cccc(F)c2)C1)N1CCOCC1. The van der Waals surface area contributed by atoms with Crippen molar-refractivity contribution < 1.29 is 27.1 Å². The van der Waals surface area contributed by atoms with Gasteiger partial charge in [-0.15, -0.1) is 0 Å². The fourth-order valence-electron chi connectivity index (χ4n) is 4.47. The number of nitrogens with zero attached hydrogens (tertiary/aromatic N) is 2. The van der Waals surface area contributed by atoms with Crippen LogP contribution in [0.4, 0.5) is 4.39 Å². The number of hydrogen-bond donors (Lipinski definition) is 0. The minimum Gasteiger partial charge on any atom is -0.493 e. The summed E-state index contributed by atoms with van der Waals surface area (Å²) in [5, 5.41) is 0.578. The highest BCUT2D eigenvalue weighted by atomic mass is 35.5. The molecule has 2 aliphatic rings. The van der Waals surface area contributed by atoms with E-state index in [2.05, 4.69) is 0 Å². The van der Waals surface area contributed by atoms with Gasteiger partial charge < -0.3 is 14.4 Å². The van der Waals surface area contributed by atoms with E-state index in [9.17, 15) is 17.6 Å². The largest absolute Gasteiger partial charge is 0.493 e. The molecule has 184 valence electrons. The van der Waals surface area contributed by atoms with Crippen LogP contribution in [-0.4, -0.2) is 69.5 Å². The third-order valence-corrected chi connectivity index (χ3v) is 8.40. The van der Waals surface area contributed by atoms with Crippen molar-refractivity contribution in [2.24, 2.45) is 5.41 Å². The number of carbonyl (C=O) groups excluding carboxylic acids is 1. The van der Waals surface area contributed by atoms with Gasteiger partial charge in [-0.2, -0.15) is 4.31 Å². The molecule has 7 nitrogen and oxygen atoms in total. The van der Waals surface area contributed by atoms with Crippen LogP contribution in [0.1, 0.15) is 19.3 Å². The molecule has 10 heteroatoms. The van der Waals surface area contributed by atoms with Crippen molar-refractivity contribution in [2.75, 3.05) is 46.0 Å². The molecule has 0 unspecified atom stereocenters. The summed E-state index contributed by atoms with van der Waals surface area (Å²) in [5.74, 6) is -0.0707. The van der Waals surface area contributed by atoms with Gasteiger partial charge in [0.25, 0.3) is 0 Å². The predicted molar refractivity (Wildman–Crippen MR) is 126 cm³/mol. The number of morpholine rings is 1. The lowest BCUT2D eigenvalue weighted by molar-refractivity contribution is -0.139. The summed E-state index contributed by atoms with van der Waals surface area (Å²) < 4.78 is 53.1. The van der Waals surface area contributed by atoms with Crippen LogP contribution in [0.2, 0.25) is 5.02 Å². The highest BCUT2D eigenvalue weighted by Gasteiger charge is 2.43. The molecule has 0 N–H and O–H groups in total. The van der Waals surface area contributed by atoms with Crippen LogP contribution >= 0.6 is 11.6 Å². The summed E-state index contributed by atoms with van der Waals surface area (Å²) in [7, 11) is -3.93. The Morgan fingerprint density at radius 1 is 1.12 bits per heavy atom. The van der Waals surface area contributed by atoms with Crippen LogP contribution in [0.25, 0.3) is 0 Å². The molecule has 1 atom stereocenters. The minimum atomic E-state index is -3.93. The summed E-state index contributed by atoms with van der Waals surface area (Å²) in [4.78, 5) is 14.8. The highest BCUT2D eigenvalue weighted by Crippen LogP contribution is 2.37. The number of hydrogen-bond acceptors (Lipinski definition) is 5. The van der Waals surface area contributed by atoms with Crippen molar-refractivity contribution >= 4 is 27.5 Å². The van der Waals surface area contributed by atoms with E-state index in [0.29, 0.717) is 56.5 Å². The molecule has 2 heterocycles. The molecule has 0 bridgehead atoms. The van der Waals surface area contributed by atoms with Crippen molar-refractivity contribution in [3.63, 3.8) is 0 Å². The van der Waals surface area contributed by atoms with Crippen molar-refractivity contribution in [1.29, 1.82) is 0 Å². The van der Waals surface area contributed by atoms with Crippen LogP contribution < -0.4 is 4.74 Å². The van der Waals surface area contributed by atoms with Gasteiger partial charge in [0, 0.05) is 43.0 Å². The van der Waals surface area contributed by atoms with E-state index in [1.54, 1.807) is 29.2 Å². The van der Waals surface area contributed by atoms with Crippen LogP contribution in [0, 0.1) is 11.2 Å². The number of halogens is 2. The normalized spacial score (nSPS) is 21.9. The molecular formula is C24H28ClFN2O5S. The smallest absolute Gasteiger partial charge is 0.243 e. The van der Waals surface area contributed by atoms with Crippen LogP contribution in [0.15, 0.2) is 53.4 Å². The van der Waals surface area contributed by atoms with E-state index in [-0.39, 0.29) is 30.4 Å². The van der Waals surface area contributed by atoms with Gasteiger partial charge in [0.1, 0.15) is 11.6 Å². The molecule has 1 amide bonds. The second kappa shape index (κ2) is 10.6. The number of rotatable bonds is 7. The first-order valence-electron chi connectivity index (χ1n) is 11.3. The molecule has 0 spiro atoms. The molecule has 2 fully saturated rings. The second-order valence-corrected chi connectivity index (χ2v) is 11.2. The third kappa shape index (κ3) is 5.89. The zero-order valence-electron chi connectivity index (χ0n) is 18.8. The molecule has 2 aromatic rings. The molecular weight excluding hydrogens is 483 g/mol. The molecule has 0 aliphatic carbocycles. The Bertz CT molecular complexity index is 1110. The molecule has 2 saturated heterocycles. The molecule has 0 saturated carbocycles. The monoisotopic (exact) mass is 510 g/mol. The number of ether oxygens (including phenoxy) is 2. The van der Waals surface area contributed by atoms with Crippen LogP contribution in [-0.2, 0) is 19.6 Å². The summed E-state index contributed by atoms with van der Waals surface area (Å²) in [6.07, 6.45) is 1.34. The van der Waals surface area contributed by atoms with Gasteiger partial charge in [0.05, 0.1) is 24.7 Å². The van der Waals surface area contributed by atoms with E-state index in [0.717, 1.165) is 6.07 Å². The minimum absolute atomic E-state index is 0.0481. The number of sulfonamides is 1. The van der Waals surface area contributed by atoms with Gasteiger partial charge in [-0.05, 0) is 55.3 Å². The Kier molecular flexibility index (Phi) is 7.77. The lowest BCUT2D eigenvalue weighted by Crippen LogP contribution is -2.51. The quantitative estimate of drug-likeness (QED) is 0.569. The van der Waals surface area contributed by atoms with Crippen LogP contribution in [0.5, 0.6) is 5.75 Å². The van der Waals surface area contributed by atoms with E-state index in [1.165, 1.54) is 22.5 Å². The van der Waals surface area contributed by atoms with Gasteiger partial charge in [0.2, 0.25) is 15.9 Å². The maximum atomic E-state index is 13.8. The first-order valence-corrected chi connectivity index (χ1v) is 13.1. The highest BCUT2D eigenvalue weighted by molar-refractivity contribution is 7.89. The Labute approximate surface area is 204 Å².